The van der Waals surface area contributed by atoms with Crippen molar-refractivity contribution in [3.8, 4) is 6.07 Å². The first-order valence-corrected chi connectivity index (χ1v) is 6.63. The van der Waals surface area contributed by atoms with Crippen LogP contribution < -0.4 is 5.32 Å². The van der Waals surface area contributed by atoms with Gasteiger partial charge in [-0.1, -0.05) is 23.1 Å². The molecule has 0 aromatic carbocycles. The number of aromatic nitrogens is 2. The van der Waals surface area contributed by atoms with Gasteiger partial charge < -0.3 is 0 Å². The van der Waals surface area contributed by atoms with Crippen LogP contribution >= 0.6 is 23.1 Å². The van der Waals surface area contributed by atoms with Crippen molar-refractivity contribution in [2.24, 2.45) is 0 Å². The third-order valence-electron chi connectivity index (χ3n) is 1.66. The van der Waals surface area contributed by atoms with Gasteiger partial charge in [0.25, 0.3) is 0 Å². The second kappa shape index (κ2) is 6.77. The number of rotatable bonds is 6. The zero-order valence-electron chi connectivity index (χ0n) is 8.80. The molecule has 0 fully saturated rings. The SMILES string of the molecule is CC(C)NC(C#N)CCSc1nncs1. The predicted molar refractivity (Wildman–Crippen MR) is 62.9 cm³/mol. The Labute approximate surface area is 98.1 Å². The topological polar surface area (TPSA) is 61.6 Å². The summed E-state index contributed by atoms with van der Waals surface area (Å²) in [5, 5.41) is 19.8. The van der Waals surface area contributed by atoms with E-state index in [2.05, 4.69) is 21.6 Å². The first-order chi connectivity index (χ1) is 7.22. The molecule has 0 radical (unpaired) electrons. The molecule has 0 amide bonds. The Morgan fingerprint density at radius 2 is 2.47 bits per heavy atom. The number of nitriles is 1. The van der Waals surface area contributed by atoms with Gasteiger partial charge in [0.15, 0.2) is 4.34 Å². The highest BCUT2D eigenvalue weighted by atomic mass is 32.2. The summed E-state index contributed by atoms with van der Waals surface area (Å²) in [6.07, 6.45) is 0.832. The summed E-state index contributed by atoms with van der Waals surface area (Å²) in [6, 6.07) is 2.54. The highest BCUT2D eigenvalue weighted by Gasteiger charge is 2.08. The fourth-order valence-electron chi connectivity index (χ4n) is 1.08. The van der Waals surface area contributed by atoms with Crippen LogP contribution in [-0.2, 0) is 0 Å². The molecule has 1 aromatic heterocycles. The molecule has 0 saturated carbocycles. The standard InChI is InChI=1S/C9H14N4S2/c1-7(2)12-8(5-10)3-4-14-9-13-11-6-15-9/h6-8,12H,3-4H2,1-2H3. The fourth-order valence-corrected chi connectivity index (χ4v) is 2.64. The second-order valence-electron chi connectivity index (χ2n) is 3.34. The fraction of sp³-hybridized carbons (Fsp3) is 0.667. The number of hydrogen-bond acceptors (Lipinski definition) is 6. The lowest BCUT2D eigenvalue weighted by Gasteiger charge is -2.13. The number of nitrogens with one attached hydrogen (secondary N) is 1. The third-order valence-corrected chi connectivity index (χ3v) is 3.56. The first-order valence-electron chi connectivity index (χ1n) is 4.77. The molecule has 1 aromatic rings. The maximum atomic E-state index is 8.88. The van der Waals surface area contributed by atoms with Gasteiger partial charge in [-0.25, -0.2) is 0 Å². The molecule has 0 saturated heterocycles. The molecule has 1 rings (SSSR count). The van der Waals surface area contributed by atoms with Crippen LogP contribution in [0.1, 0.15) is 20.3 Å². The molecular weight excluding hydrogens is 228 g/mol. The minimum Gasteiger partial charge on any atom is -0.300 e. The van der Waals surface area contributed by atoms with E-state index >= 15 is 0 Å². The van der Waals surface area contributed by atoms with Crippen LogP contribution in [0.25, 0.3) is 0 Å². The van der Waals surface area contributed by atoms with Crippen LogP contribution in [0, 0.1) is 11.3 Å². The van der Waals surface area contributed by atoms with E-state index in [0.717, 1.165) is 16.5 Å². The van der Waals surface area contributed by atoms with Gasteiger partial charge in [0.2, 0.25) is 0 Å². The van der Waals surface area contributed by atoms with Gasteiger partial charge in [-0.15, -0.1) is 10.2 Å². The van der Waals surface area contributed by atoms with E-state index in [1.54, 1.807) is 17.3 Å². The molecule has 82 valence electrons. The van der Waals surface area contributed by atoms with Crippen LogP contribution in [0.3, 0.4) is 0 Å². The number of thioether (sulfide) groups is 1. The van der Waals surface area contributed by atoms with E-state index in [1.165, 1.54) is 11.3 Å². The molecule has 1 atom stereocenters. The van der Waals surface area contributed by atoms with Crippen molar-refractivity contribution in [2.45, 2.75) is 36.7 Å². The minimum absolute atomic E-state index is 0.0644. The monoisotopic (exact) mass is 242 g/mol. The Morgan fingerprint density at radius 3 is 3.00 bits per heavy atom. The zero-order valence-corrected chi connectivity index (χ0v) is 10.4. The maximum absolute atomic E-state index is 8.88. The van der Waals surface area contributed by atoms with Crippen molar-refractivity contribution in [1.82, 2.24) is 15.5 Å². The van der Waals surface area contributed by atoms with Crippen molar-refractivity contribution in [3.63, 3.8) is 0 Å². The lowest BCUT2D eigenvalue weighted by molar-refractivity contribution is 0.522. The summed E-state index contributed by atoms with van der Waals surface area (Å²) in [5.74, 6) is 0.896. The first kappa shape index (κ1) is 12.4. The van der Waals surface area contributed by atoms with Crippen LogP contribution in [0.2, 0.25) is 0 Å². The molecule has 1 N–H and O–H groups in total. The summed E-state index contributed by atoms with van der Waals surface area (Å²) < 4.78 is 0.969. The lowest BCUT2D eigenvalue weighted by Crippen LogP contribution is -2.33. The molecular formula is C9H14N4S2. The van der Waals surface area contributed by atoms with Crippen LogP contribution in [0.4, 0.5) is 0 Å². The molecule has 0 bridgehead atoms. The summed E-state index contributed by atoms with van der Waals surface area (Å²) in [5.41, 5.74) is 1.72. The van der Waals surface area contributed by atoms with E-state index in [0.29, 0.717) is 6.04 Å². The maximum Gasteiger partial charge on any atom is 0.174 e. The van der Waals surface area contributed by atoms with Gasteiger partial charge in [-0.2, -0.15) is 5.26 Å². The normalized spacial score (nSPS) is 12.7. The Balaban J connectivity index is 2.21. The van der Waals surface area contributed by atoms with Crippen LogP contribution in [0.15, 0.2) is 9.85 Å². The average molecular weight is 242 g/mol. The Bertz CT molecular complexity index is 304. The van der Waals surface area contributed by atoms with Crippen molar-refractivity contribution in [3.05, 3.63) is 5.51 Å². The zero-order chi connectivity index (χ0) is 11.1. The van der Waals surface area contributed by atoms with Gasteiger partial charge in [-0.3, -0.25) is 5.32 Å². The number of hydrogen-bond donors (Lipinski definition) is 1. The summed E-state index contributed by atoms with van der Waals surface area (Å²) >= 11 is 3.19. The van der Waals surface area contributed by atoms with Crippen molar-refractivity contribution in [1.29, 1.82) is 5.26 Å². The molecule has 4 nitrogen and oxygen atoms in total. The van der Waals surface area contributed by atoms with Gasteiger partial charge in [0.05, 0.1) is 12.1 Å². The van der Waals surface area contributed by atoms with E-state index in [9.17, 15) is 0 Å². The van der Waals surface area contributed by atoms with E-state index in [4.69, 9.17) is 5.26 Å². The summed E-state index contributed by atoms with van der Waals surface area (Å²) in [6.45, 7) is 4.09. The minimum atomic E-state index is -0.0644. The summed E-state index contributed by atoms with van der Waals surface area (Å²) in [7, 11) is 0. The molecule has 0 spiro atoms. The predicted octanol–water partition coefficient (Wildman–Crippen LogP) is 1.91. The average Bonchev–Trinajstić information content (AvgIpc) is 2.68. The molecule has 0 aliphatic heterocycles. The molecule has 0 aliphatic rings. The Hall–Kier alpha value is -0.640. The van der Waals surface area contributed by atoms with E-state index in [-0.39, 0.29) is 6.04 Å². The molecule has 15 heavy (non-hydrogen) atoms. The molecule has 0 aliphatic carbocycles. The van der Waals surface area contributed by atoms with Gasteiger partial charge in [0, 0.05) is 11.8 Å². The quantitative estimate of drug-likeness (QED) is 0.772. The molecule has 1 unspecified atom stereocenters. The van der Waals surface area contributed by atoms with Crippen LogP contribution in [-0.4, -0.2) is 28.0 Å². The second-order valence-corrected chi connectivity index (χ2v) is 5.52. The van der Waals surface area contributed by atoms with Gasteiger partial charge in [-0.05, 0) is 20.3 Å². The Kier molecular flexibility index (Phi) is 5.61. The van der Waals surface area contributed by atoms with Crippen LogP contribution in [0.5, 0.6) is 0 Å². The smallest absolute Gasteiger partial charge is 0.174 e. The van der Waals surface area contributed by atoms with E-state index in [1.807, 2.05) is 13.8 Å². The summed E-state index contributed by atoms with van der Waals surface area (Å²) in [4.78, 5) is 0. The van der Waals surface area contributed by atoms with Gasteiger partial charge >= 0.3 is 0 Å². The largest absolute Gasteiger partial charge is 0.300 e. The highest BCUT2D eigenvalue weighted by Crippen LogP contribution is 2.19. The number of nitrogens with zero attached hydrogens (tertiary/aromatic N) is 3. The molecule has 1 heterocycles. The Morgan fingerprint density at radius 1 is 1.67 bits per heavy atom. The highest BCUT2D eigenvalue weighted by molar-refractivity contribution is 8.00. The lowest BCUT2D eigenvalue weighted by atomic mass is 10.2. The van der Waals surface area contributed by atoms with E-state index < -0.39 is 0 Å². The van der Waals surface area contributed by atoms with Crippen molar-refractivity contribution >= 4 is 23.1 Å². The molecule has 6 heteroatoms. The van der Waals surface area contributed by atoms with Crippen molar-refractivity contribution in [2.75, 3.05) is 5.75 Å². The third kappa shape index (κ3) is 5.11. The van der Waals surface area contributed by atoms with Gasteiger partial charge in [0.1, 0.15) is 5.51 Å². The van der Waals surface area contributed by atoms with Crippen molar-refractivity contribution < 1.29 is 0 Å².